The summed E-state index contributed by atoms with van der Waals surface area (Å²) in [6.45, 7) is 2.08. The van der Waals surface area contributed by atoms with E-state index in [9.17, 15) is 4.79 Å². The quantitative estimate of drug-likeness (QED) is 0.780. The molecular formula is C12H12N2O2. The van der Waals surface area contributed by atoms with Gasteiger partial charge in [0.25, 0.3) is 0 Å². The highest BCUT2D eigenvalue weighted by Gasteiger charge is 2.13. The van der Waals surface area contributed by atoms with Crippen molar-refractivity contribution in [2.24, 2.45) is 0 Å². The number of esters is 1. The van der Waals surface area contributed by atoms with Gasteiger partial charge in [0, 0.05) is 11.6 Å². The van der Waals surface area contributed by atoms with E-state index in [2.05, 4.69) is 4.98 Å². The first kappa shape index (κ1) is 10.4. The van der Waals surface area contributed by atoms with E-state index >= 15 is 0 Å². The van der Waals surface area contributed by atoms with Crippen molar-refractivity contribution in [3.05, 3.63) is 36.0 Å². The molecule has 1 aromatic heterocycles. The van der Waals surface area contributed by atoms with Gasteiger partial charge in [0.15, 0.2) is 0 Å². The van der Waals surface area contributed by atoms with Gasteiger partial charge in [-0.25, -0.2) is 4.79 Å². The number of ether oxygens (including phenoxy) is 1. The molecule has 0 amide bonds. The minimum Gasteiger partial charge on any atom is -0.462 e. The van der Waals surface area contributed by atoms with Crippen molar-refractivity contribution in [3.63, 3.8) is 0 Å². The number of hydrogen-bond acceptors (Lipinski definition) is 4. The van der Waals surface area contributed by atoms with Crippen LogP contribution in [0.2, 0.25) is 0 Å². The van der Waals surface area contributed by atoms with Gasteiger partial charge < -0.3 is 10.5 Å². The van der Waals surface area contributed by atoms with Crippen LogP contribution in [0.5, 0.6) is 0 Å². The summed E-state index contributed by atoms with van der Waals surface area (Å²) in [4.78, 5) is 15.7. The number of fused-ring (bicyclic) bond motifs is 1. The average molecular weight is 216 g/mol. The minimum atomic E-state index is -0.432. The van der Waals surface area contributed by atoms with Gasteiger partial charge in [-0.3, -0.25) is 4.98 Å². The number of aromatic nitrogens is 1. The topological polar surface area (TPSA) is 65.2 Å². The fraction of sp³-hybridized carbons (Fsp3) is 0.167. The van der Waals surface area contributed by atoms with Crippen LogP contribution in [0.15, 0.2) is 30.5 Å². The predicted octanol–water partition coefficient (Wildman–Crippen LogP) is 1.99. The molecule has 0 bridgehead atoms. The molecule has 0 aliphatic heterocycles. The van der Waals surface area contributed by atoms with Gasteiger partial charge >= 0.3 is 5.97 Å². The van der Waals surface area contributed by atoms with E-state index in [0.29, 0.717) is 17.9 Å². The van der Waals surface area contributed by atoms with Crippen molar-refractivity contribution in [3.8, 4) is 0 Å². The third-order valence-corrected chi connectivity index (χ3v) is 2.31. The zero-order valence-electron chi connectivity index (χ0n) is 8.93. The molecule has 0 aliphatic rings. The molecule has 0 fully saturated rings. The standard InChI is InChI=1S/C12H12N2O2/c1-2-16-12(15)9-7-14-10-6-4-3-5-8(10)11(9)13/h3-7H,2H2,1H3,(H2,13,14). The zero-order chi connectivity index (χ0) is 11.5. The first-order valence-electron chi connectivity index (χ1n) is 5.04. The maximum Gasteiger partial charge on any atom is 0.341 e. The first-order valence-corrected chi connectivity index (χ1v) is 5.04. The number of carbonyl (C=O) groups excluding carboxylic acids is 1. The molecule has 1 aromatic carbocycles. The molecule has 16 heavy (non-hydrogen) atoms. The number of nitrogens with zero attached hydrogens (tertiary/aromatic N) is 1. The molecule has 1 heterocycles. The Kier molecular flexibility index (Phi) is 2.72. The van der Waals surface area contributed by atoms with Crippen molar-refractivity contribution in [1.82, 2.24) is 4.98 Å². The number of pyridine rings is 1. The Bertz CT molecular complexity index is 538. The van der Waals surface area contributed by atoms with Crippen molar-refractivity contribution in [2.75, 3.05) is 12.3 Å². The van der Waals surface area contributed by atoms with Crippen molar-refractivity contribution in [1.29, 1.82) is 0 Å². The summed E-state index contributed by atoms with van der Waals surface area (Å²) in [5, 5.41) is 0.771. The average Bonchev–Trinajstić information content (AvgIpc) is 2.30. The lowest BCUT2D eigenvalue weighted by Crippen LogP contribution is -2.09. The molecule has 0 saturated carbocycles. The largest absolute Gasteiger partial charge is 0.462 e. The maximum atomic E-state index is 11.6. The predicted molar refractivity (Wildman–Crippen MR) is 62.1 cm³/mol. The van der Waals surface area contributed by atoms with Gasteiger partial charge in [-0.1, -0.05) is 18.2 Å². The SMILES string of the molecule is CCOC(=O)c1cnc2ccccc2c1N. The number of nitrogens with two attached hydrogens (primary N) is 1. The Morgan fingerprint density at radius 2 is 2.19 bits per heavy atom. The Morgan fingerprint density at radius 3 is 2.94 bits per heavy atom. The summed E-state index contributed by atoms with van der Waals surface area (Å²) in [5.74, 6) is -0.432. The lowest BCUT2D eigenvalue weighted by molar-refractivity contribution is 0.0527. The lowest BCUT2D eigenvalue weighted by atomic mass is 10.1. The third kappa shape index (κ3) is 1.69. The van der Waals surface area contributed by atoms with Crippen LogP contribution in [-0.4, -0.2) is 17.6 Å². The van der Waals surface area contributed by atoms with Crippen LogP contribution >= 0.6 is 0 Å². The Hall–Kier alpha value is -2.10. The molecular weight excluding hydrogens is 204 g/mol. The van der Waals surface area contributed by atoms with Gasteiger partial charge in [0.05, 0.1) is 17.8 Å². The van der Waals surface area contributed by atoms with E-state index in [1.807, 2.05) is 24.3 Å². The Balaban J connectivity index is 2.56. The van der Waals surface area contributed by atoms with Crippen LogP contribution in [0.25, 0.3) is 10.9 Å². The zero-order valence-corrected chi connectivity index (χ0v) is 8.93. The van der Waals surface area contributed by atoms with E-state index in [-0.39, 0.29) is 0 Å². The maximum absolute atomic E-state index is 11.6. The number of rotatable bonds is 2. The Labute approximate surface area is 93.0 Å². The second-order valence-electron chi connectivity index (χ2n) is 3.32. The van der Waals surface area contributed by atoms with E-state index in [4.69, 9.17) is 10.5 Å². The molecule has 0 unspecified atom stereocenters. The molecule has 2 rings (SSSR count). The number of benzene rings is 1. The van der Waals surface area contributed by atoms with Crippen LogP contribution in [0, 0.1) is 0 Å². The summed E-state index contributed by atoms with van der Waals surface area (Å²) < 4.78 is 4.90. The van der Waals surface area contributed by atoms with Gasteiger partial charge in [-0.15, -0.1) is 0 Å². The van der Waals surface area contributed by atoms with Crippen LogP contribution < -0.4 is 5.73 Å². The lowest BCUT2D eigenvalue weighted by Gasteiger charge is -2.07. The van der Waals surface area contributed by atoms with E-state index in [1.165, 1.54) is 6.20 Å². The van der Waals surface area contributed by atoms with Gasteiger partial charge in [-0.05, 0) is 13.0 Å². The summed E-state index contributed by atoms with van der Waals surface area (Å²) >= 11 is 0. The highest BCUT2D eigenvalue weighted by atomic mass is 16.5. The second kappa shape index (κ2) is 4.18. The molecule has 2 aromatic rings. The van der Waals surface area contributed by atoms with Crippen molar-refractivity contribution >= 4 is 22.6 Å². The van der Waals surface area contributed by atoms with Gasteiger partial charge in [0.1, 0.15) is 5.56 Å². The fourth-order valence-electron chi connectivity index (χ4n) is 1.53. The first-order chi connectivity index (χ1) is 7.74. The van der Waals surface area contributed by atoms with Gasteiger partial charge in [0.2, 0.25) is 0 Å². The third-order valence-electron chi connectivity index (χ3n) is 2.31. The van der Waals surface area contributed by atoms with Crippen molar-refractivity contribution in [2.45, 2.75) is 6.92 Å². The fourth-order valence-corrected chi connectivity index (χ4v) is 1.53. The van der Waals surface area contributed by atoms with Crippen LogP contribution in [0.3, 0.4) is 0 Å². The highest BCUT2D eigenvalue weighted by molar-refractivity contribution is 6.03. The number of hydrogen-bond donors (Lipinski definition) is 1. The van der Waals surface area contributed by atoms with Crippen LogP contribution in [0.1, 0.15) is 17.3 Å². The van der Waals surface area contributed by atoms with E-state index in [0.717, 1.165) is 10.9 Å². The molecule has 0 saturated heterocycles. The van der Waals surface area contributed by atoms with Gasteiger partial charge in [-0.2, -0.15) is 0 Å². The van der Waals surface area contributed by atoms with Crippen LogP contribution in [-0.2, 0) is 4.74 Å². The van der Waals surface area contributed by atoms with Crippen LogP contribution in [0.4, 0.5) is 5.69 Å². The molecule has 0 atom stereocenters. The molecule has 0 aliphatic carbocycles. The summed E-state index contributed by atoms with van der Waals surface area (Å²) in [6.07, 6.45) is 1.45. The second-order valence-corrected chi connectivity index (χ2v) is 3.32. The minimum absolute atomic E-state index is 0.320. The smallest absolute Gasteiger partial charge is 0.341 e. The molecule has 2 N–H and O–H groups in total. The molecule has 82 valence electrons. The highest BCUT2D eigenvalue weighted by Crippen LogP contribution is 2.22. The molecule has 0 radical (unpaired) electrons. The monoisotopic (exact) mass is 216 g/mol. The Morgan fingerprint density at radius 1 is 1.44 bits per heavy atom. The summed E-state index contributed by atoms with van der Waals surface area (Å²) in [6, 6.07) is 7.41. The summed E-state index contributed by atoms with van der Waals surface area (Å²) in [7, 11) is 0. The molecule has 4 nitrogen and oxygen atoms in total. The van der Waals surface area contributed by atoms with E-state index < -0.39 is 5.97 Å². The molecule has 4 heteroatoms. The van der Waals surface area contributed by atoms with Crippen molar-refractivity contribution < 1.29 is 9.53 Å². The normalized spacial score (nSPS) is 10.3. The number of para-hydroxylation sites is 1. The number of anilines is 1. The molecule has 0 spiro atoms. The summed E-state index contributed by atoms with van der Waals surface area (Å²) in [5.41, 5.74) is 7.42. The van der Waals surface area contributed by atoms with E-state index in [1.54, 1.807) is 6.92 Å². The number of carbonyl (C=O) groups is 1. The number of nitrogen functional groups attached to an aromatic ring is 1.